The van der Waals surface area contributed by atoms with E-state index in [1.807, 2.05) is 13.8 Å². The van der Waals surface area contributed by atoms with Gasteiger partial charge in [0.15, 0.2) is 0 Å². The second kappa shape index (κ2) is 5.16. The van der Waals surface area contributed by atoms with Crippen molar-refractivity contribution >= 4 is 6.09 Å². The van der Waals surface area contributed by atoms with Crippen molar-refractivity contribution in [1.82, 2.24) is 10.2 Å². The monoisotopic (exact) mass is 212 g/mol. The second-order valence-electron chi connectivity index (χ2n) is 4.36. The van der Waals surface area contributed by atoms with Crippen molar-refractivity contribution in [3.05, 3.63) is 12.7 Å². The Hall–Kier alpha value is -1.03. The van der Waals surface area contributed by atoms with Crippen LogP contribution in [0.2, 0.25) is 0 Å². The molecule has 4 nitrogen and oxygen atoms in total. The van der Waals surface area contributed by atoms with Gasteiger partial charge in [0.25, 0.3) is 0 Å². The highest BCUT2D eigenvalue weighted by molar-refractivity contribution is 5.68. The highest BCUT2D eigenvalue weighted by Crippen LogP contribution is 2.17. The molecule has 1 amide bonds. The van der Waals surface area contributed by atoms with E-state index in [1.54, 1.807) is 11.0 Å². The Morgan fingerprint density at radius 2 is 2.40 bits per heavy atom. The summed E-state index contributed by atoms with van der Waals surface area (Å²) in [5.41, 5.74) is -0.186. The molecule has 1 aliphatic rings. The van der Waals surface area contributed by atoms with Crippen LogP contribution in [0.1, 0.15) is 20.3 Å². The van der Waals surface area contributed by atoms with Gasteiger partial charge in [0.2, 0.25) is 0 Å². The molecule has 0 spiro atoms. The summed E-state index contributed by atoms with van der Waals surface area (Å²) in [5, 5.41) is 3.31. The molecular formula is C11H20N2O2. The van der Waals surface area contributed by atoms with E-state index in [9.17, 15) is 4.79 Å². The lowest BCUT2D eigenvalue weighted by molar-refractivity contribution is 0.0743. The molecule has 1 saturated heterocycles. The zero-order valence-corrected chi connectivity index (χ0v) is 9.58. The molecule has 86 valence electrons. The van der Waals surface area contributed by atoms with E-state index < -0.39 is 0 Å². The Labute approximate surface area is 91.3 Å². The predicted octanol–water partition coefficient (Wildman–Crippen LogP) is 1.38. The number of carbonyl (C=O) groups is 1. The van der Waals surface area contributed by atoms with Crippen LogP contribution in [0.3, 0.4) is 0 Å². The molecule has 0 radical (unpaired) electrons. The zero-order chi connectivity index (χ0) is 11.3. The fraction of sp³-hybridized carbons (Fsp3) is 0.727. The number of hydrogen-bond acceptors (Lipinski definition) is 3. The van der Waals surface area contributed by atoms with Crippen molar-refractivity contribution in [2.45, 2.75) is 25.8 Å². The maximum atomic E-state index is 11.8. The lowest BCUT2D eigenvalue weighted by Crippen LogP contribution is -2.51. The van der Waals surface area contributed by atoms with Gasteiger partial charge < -0.3 is 15.0 Å². The smallest absolute Gasteiger partial charge is 0.410 e. The van der Waals surface area contributed by atoms with E-state index in [4.69, 9.17) is 4.74 Å². The topological polar surface area (TPSA) is 41.6 Å². The van der Waals surface area contributed by atoms with Crippen LogP contribution in [0, 0.1) is 0 Å². The first kappa shape index (κ1) is 12.0. The average Bonchev–Trinajstić information content (AvgIpc) is 2.35. The van der Waals surface area contributed by atoms with E-state index >= 15 is 0 Å². The number of rotatable bonds is 2. The summed E-state index contributed by atoms with van der Waals surface area (Å²) in [4.78, 5) is 13.5. The number of hydrogen-bond donors (Lipinski definition) is 1. The number of ether oxygens (including phenoxy) is 1. The molecule has 1 fully saturated rings. The van der Waals surface area contributed by atoms with Gasteiger partial charge in [-0.3, -0.25) is 0 Å². The minimum atomic E-state index is -0.247. The quantitative estimate of drug-likeness (QED) is 0.703. The summed E-state index contributed by atoms with van der Waals surface area (Å²) in [5.74, 6) is 0. The Kier molecular flexibility index (Phi) is 4.15. The number of carbonyl (C=O) groups excluding carboxylic acids is 1. The third-order valence-electron chi connectivity index (χ3n) is 2.57. The van der Waals surface area contributed by atoms with Crippen LogP contribution in [0.25, 0.3) is 0 Å². The standard InChI is InChI=1S/C11H20N2O2/c1-4-8-15-10(14)13-7-5-6-12-9-11(13,2)3/h4,12H,1,5-9H2,2-3H3. The van der Waals surface area contributed by atoms with Crippen molar-refractivity contribution in [2.75, 3.05) is 26.2 Å². The summed E-state index contributed by atoms with van der Waals surface area (Å²) in [6, 6.07) is 0. The first-order valence-corrected chi connectivity index (χ1v) is 5.34. The predicted molar refractivity (Wildman–Crippen MR) is 59.8 cm³/mol. The van der Waals surface area contributed by atoms with E-state index in [1.165, 1.54) is 0 Å². The molecule has 1 rings (SSSR count). The van der Waals surface area contributed by atoms with Crippen molar-refractivity contribution in [3.63, 3.8) is 0 Å². The lowest BCUT2D eigenvalue weighted by Gasteiger charge is -2.35. The van der Waals surface area contributed by atoms with E-state index in [2.05, 4.69) is 11.9 Å². The molecule has 0 atom stereocenters. The molecule has 0 aromatic heterocycles. The van der Waals surface area contributed by atoms with Gasteiger partial charge in [0, 0.05) is 13.1 Å². The highest BCUT2D eigenvalue weighted by atomic mass is 16.6. The Morgan fingerprint density at radius 3 is 3.07 bits per heavy atom. The third-order valence-corrected chi connectivity index (χ3v) is 2.57. The lowest BCUT2D eigenvalue weighted by atomic mass is 10.0. The van der Waals surface area contributed by atoms with Crippen LogP contribution in [0.4, 0.5) is 4.79 Å². The van der Waals surface area contributed by atoms with Gasteiger partial charge in [-0.25, -0.2) is 4.79 Å². The molecule has 0 unspecified atom stereocenters. The summed E-state index contributed by atoms with van der Waals surface area (Å²) >= 11 is 0. The molecule has 0 aromatic carbocycles. The fourth-order valence-electron chi connectivity index (χ4n) is 1.70. The van der Waals surface area contributed by atoms with Crippen molar-refractivity contribution in [3.8, 4) is 0 Å². The Morgan fingerprint density at radius 1 is 1.67 bits per heavy atom. The van der Waals surface area contributed by atoms with Crippen LogP contribution >= 0.6 is 0 Å². The summed E-state index contributed by atoms with van der Waals surface area (Å²) in [6.45, 7) is 10.4. The van der Waals surface area contributed by atoms with Crippen LogP contribution < -0.4 is 5.32 Å². The summed E-state index contributed by atoms with van der Waals surface area (Å²) < 4.78 is 5.06. The largest absolute Gasteiger partial charge is 0.445 e. The number of nitrogens with one attached hydrogen (secondary N) is 1. The number of nitrogens with zero attached hydrogens (tertiary/aromatic N) is 1. The Balaban J connectivity index is 2.62. The first-order chi connectivity index (χ1) is 7.08. The van der Waals surface area contributed by atoms with Gasteiger partial charge in [0.1, 0.15) is 6.61 Å². The average molecular weight is 212 g/mol. The van der Waals surface area contributed by atoms with Crippen LogP contribution in [0.5, 0.6) is 0 Å². The first-order valence-electron chi connectivity index (χ1n) is 5.34. The normalized spacial score (nSPS) is 20.5. The fourth-order valence-corrected chi connectivity index (χ4v) is 1.70. The van der Waals surface area contributed by atoms with Gasteiger partial charge >= 0.3 is 6.09 Å². The van der Waals surface area contributed by atoms with Crippen molar-refractivity contribution < 1.29 is 9.53 Å². The molecule has 0 aromatic rings. The molecule has 4 heteroatoms. The molecular weight excluding hydrogens is 192 g/mol. The number of amides is 1. The van der Waals surface area contributed by atoms with Crippen molar-refractivity contribution in [1.29, 1.82) is 0 Å². The molecule has 1 N–H and O–H groups in total. The third kappa shape index (κ3) is 3.23. The maximum absolute atomic E-state index is 11.8. The molecule has 1 aliphatic heterocycles. The van der Waals surface area contributed by atoms with Crippen LogP contribution in [0.15, 0.2) is 12.7 Å². The maximum Gasteiger partial charge on any atom is 0.410 e. The van der Waals surface area contributed by atoms with Gasteiger partial charge in [-0.15, -0.1) is 0 Å². The van der Waals surface area contributed by atoms with Gasteiger partial charge in [-0.2, -0.15) is 0 Å². The summed E-state index contributed by atoms with van der Waals surface area (Å²) in [6.07, 6.45) is 2.30. The van der Waals surface area contributed by atoms with E-state index in [-0.39, 0.29) is 18.2 Å². The molecule has 0 saturated carbocycles. The van der Waals surface area contributed by atoms with Crippen molar-refractivity contribution in [2.24, 2.45) is 0 Å². The minimum absolute atomic E-state index is 0.186. The SMILES string of the molecule is C=CCOC(=O)N1CCCNCC1(C)C. The molecule has 15 heavy (non-hydrogen) atoms. The second-order valence-corrected chi connectivity index (χ2v) is 4.36. The van der Waals surface area contributed by atoms with Gasteiger partial charge in [-0.1, -0.05) is 12.7 Å². The minimum Gasteiger partial charge on any atom is -0.445 e. The van der Waals surface area contributed by atoms with E-state index in [0.29, 0.717) is 0 Å². The molecule has 0 bridgehead atoms. The van der Waals surface area contributed by atoms with Crippen LogP contribution in [-0.4, -0.2) is 42.8 Å². The summed E-state index contributed by atoms with van der Waals surface area (Å²) in [7, 11) is 0. The van der Waals surface area contributed by atoms with Crippen LogP contribution in [-0.2, 0) is 4.74 Å². The molecule has 0 aliphatic carbocycles. The zero-order valence-electron chi connectivity index (χ0n) is 9.58. The van der Waals surface area contributed by atoms with Gasteiger partial charge in [0.05, 0.1) is 5.54 Å². The van der Waals surface area contributed by atoms with Gasteiger partial charge in [-0.05, 0) is 26.8 Å². The highest BCUT2D eigenvalue weighted by Gasteiger charge is 2.32. The van der Waals surface area contributed by atoms with E-state index in [0.717, 1.165) is 26.1 Å². The Bertz CT molecular complexity index is 239. The molecule has 1 heterocycles.